The molecule has 0 saturated heterocycles. The Morgan fingerprint density at radius 3 is 1.51 bits per heavy atom. The van der Waals surface area contributed by atoms with Crippen molar-refractivity contribution in [2.75, 3.05) is 4.90 Å². The Bertz CT molecular complexity index is 3720. The monoisotopic (exact) mass is 723 g/mol. The highest BCUT2D eigenvalue weighted by Crippen LogP contribution is 2.50. The lowest BCUT2D eigenvalue weighted by Gasteiger charge is -2.28. The number of rotatable bonds is 4. The van der Waals surface area contributed by atoms with Crippen LogP contribution in [0.3, 0.4) is 0 Å². The molecule has 0 fully saturated rings. The first-order valence-electron chi connectivity index (χ1n) is 19.7. The van der Waals surface area contributed by atoms with Gasteiger partial charge in [-0.25, -0.2) is 0 Å². The number of hydrogen-bond donors (Lipinski definition) is 0. The quantitative estimate of drug-likeness (QED) is 0.165. The van der Waals surface area contributed by atoms with E-state index in [0.29, 0.717) is 0 Å². The summed E-state index contributed by atoms with van der Waals surface area (Å²) in [6, 6.07) is 73.8. The Balaban J connectivity index is 1.20. The normalized spacial score (nSPS) is 12.2. The summed E-state index contributed by atoms with van der Waals surface area (Å²) in [5.41, 5.74) is 10.6. The van der Waals surface area contributed by atoms with Gasteiger partial charge in [0.25, 0.3) is 0 Å². The summed E-state index contributed by atoms with van der Waals surface area (Å²) in [7, 11) is 0. The third-order valence-corrected chi connectivity index (χ3v) is 12.4. The van der Waals surface area contributed by atoms with Crippen LogP contribution in [-0.2, 0) is 0 Å². The van der Waals surface area contributed by atoms with E-state index in [1.165, 1.54) is 92.2 Å². The van der Waals surface area contributed by atoms with Crippen LogP contribution in [0.5, 0.6) is 0 Å². The van der Waals surface area contributed by atoms with Gasteiger partial charge in [-0.1, -0.05) is 140 Å². The van der Waals surface area contributed by atoms with Crippen molar-refractivity contribution in [2.24, 2.45) is 0 Å². The van der Waals surface area contributed by atoms with Gasteiger partial charge in [-0.15, -0.1) is 0 Å². The zero-order valence-corrected chi connectivity index (χ0v) is 30.9. The van der Waals surface area contributed by atoms with Gasteiger partial charge < -0.3 is 13.9 Å². The SMILES string of the molecule is c1ccc(-n2c3ccccc3c3c(N(c4ccc5c6ccccc6c6ccccc6c5c4)c4cccc5c4c4cccc6c7ccccc7n5c64)cccc32)cc1. The Morgan fingerprint density at radius 1 is 0.298 bits per heavy atom. The minimum Gasteiger partial charge on any atom is -0.309 e. The molecule has 0 saturated carbocycles. The molecule has 0 bridgehead atoms. The molecular formula is C54H33N3. The molecule has 0 aliphatic rings. The molecule has 0 radical (unpaired) electrons. The summed E-state index contributed by atoms with van der Waals surface area (Å²) >= 11 is 0. The van der Waals surface area contributed by atoms with Crippen molar-refractivity contribution in [2.45, 2.75) is 0 Å². The van der Waals surface area contributed by atoms with E-state index >= 15 is 0 Å². The van der Waals surface area contributed by atoms with Crippen LogP contribution >= 0.6 is 0 Å². The zero-order valence-electron chi connectivity index (χ0n) is 30.9. The predicted octanol–water partition coefficient (Wildman–Crippen LogP) is 14.9. The maximum absolute atomic E-state index is 2.54. The lowest BCUT2D eigenvalue weighted by atomic mass is 9.93. The highest BCUT2D eigenvalue weighted by Gasteiger charge is 2.26. The molecule has 3 heterocycles. The van der Waals surface area contributed by atoms with Crippen molar-refractivity contribution in [3.63, 3.8) is 0 Å². The van der Waals surface area contributed by atoms with Gasteiger partial charge in [-0.05, 0) is 93.0 Å². The molecule has 0 unspecified atom stereocenters. The fraction of sp³-hybridized carbons (Fsp3) is 0. The number of nitrogens with zero attached hydrogens (tertiary/aromatic N) is 3. The second kappa shape index (κ2) is 11.5. The molecule has 13 aromatic rings. The van der Waals surface area contributed by atoms with Crippen molar-refractivity contribution < 1.29 is 0 Å². The van der Waals surface area contributed by atoms with Crippen molar-refractivity contribution >= 4 is 109 Å². The summed E-state index contributed by atoms with van der Waals surface area (Å²) < 4.78 is 4.90. The molecule has 3 heteroatoms. The predicted molar refractivity (Wildman–Crippen MR) is 243 cm³/mol. The topological polar surface area (TPSA) is 12.6 Å². The van der Waals surface area contributed by atoms with E-state index in [1.54, 1.807) is 0 Å². The van der Waals surface area contributed by atoms with Crippen LogP contribution in [-0.4, -0.2) is 8.97 Å². The molecule has 0 atom stereocenters. The molecule has 0 amide bonds. The zero-order chi connectivity index (χ0) is 37.2. The molecule has 0 N–H and O–H groups in total. The van der Waals surface area contributed by atoms with Crippen LogP contribution in [0.1, 0.15) is 0 Å². The molecule has 3 nitrogen and oxygen atoms in total. The molecule has 0 aliphatic heterocycles. The minimum absolute atomic E-state index is 1.12. The van der Waals surface area contributed by atoms with Gasteiger partial charge in [0.2, 0.25) is 0 Å². The van der Waals surface area contributed by atoms with Gasteiger partial charge >= 0.3 is 0 Å². The number of aromatic nitrogens is 2. The number of anilines is 3. The van der Waals surface area contributed by atoms with E-state index in [9.17, 15) is 0 Å². The van der Waals surface area contributed by atoms with E-state index in [-0.39, 0.29) is 0 Å². The maximum atomic E-state index is 2.54. The van der Waals surface area contributed by atoms with Crippen molar-refractivity contribution in [1.29, 1.82) is 0 Å². The highest BCUT2D eigenvalue weighted by molar-refractivity contribution is 6.28. The second-order valence-electron chi connectivity index (χ2n) is 15.2. The minimum atomic E-state index is 1.12. The number of benzene rings is 10. The van der Waals surface area contributed by atoms with Crippen LogP contribution in [0.15, 0.2) is 200 Å². The Morgan fingerprint density at radius 2 is 0.789 bits per heavy atom. The number of para-hydroxylation sites is 4. The highest BCUT2D eigenvalue weighted by atomic mass is 15.2. The van der Waals surface area contributed by atoms with Gasteiger partial charge in [0.05, 0.1) is 39.0 Å². The third-order valence-electron chi connectivity index (χ3n) is 12.4. The van der Waals surface area contributed by atoms with Crippen LogP contribution < -0.4 is 4.90 Å². The van der Waals surface area contributed by atoms with Gasteiger partial charge in [0.15, 0.2) is 0 Å². The second-order valence-corrected chi connectivity index (χ2v) is 15.2. The van der Waals surface area contributed by atoms with E-state index in [1.807, 2.05) is 0 Å². The number of fused-ring (bicyclic) bond motifs is 15. The smallest absolute Gasteiger partial charge is 0.0621 e. The molecule has 13 rings (SSSR count). The van der Waals surface area contributed by atoms with E-state index in [4.69, 9.17) is 0 Å². The summed E-state index contributed by atoms with van der Waals surface area (Å²) in [6.07, 6.45) is 0. The summed E-state index contributed by atoms with van der Waals surface area (Å²) in [5.74, 6) is 0. The van der Waals surface area contributed by atoms with E-state index in [2.05, 4.69) is 214 Å². The Labute approximate surface area is 327 Å². The summed E-state index contributed by atoms with van der Waals surface area (Å²) in [5, 5.41) is 15.1. The average molecular weight is 724 g/mol. The molecule has 264 valence electrons. The maximum Gasteiger partial charge on any atom is 0.0621 e. The van der Waals surface area contributed by atoms with Crippen LogP contribution in [0.2, 0.25) is 0 Å². The van der Waals surface area contributed by atoms with Gasteiger partial charge in [0, 0.05) is 43.7 Å². The first-order valence-corrected chi connectivity index (χ1v) is 19.7. The first-order chi connectivity index (χ1) is 28.3. The third kappa shape index (κ3) is 4.10. The molecule has 3 aromatic heterocycles. The van der Waals surface area contributed by atoms with Crippen molar-refractivity contribution in [3.8, 4) is 5.69 Å². The molecule has 0 spiro atoms. The molecular weight excluding hydrogens is 691 g/mol. The van der Waals surface area contributed by atoms with E-state index in [0.717, 1.165) is 22.7 Å². The fourth-order valence-corrected chi connectivity index (χ4v) is 10.1. The Hall–Kier alpha value is -7.62. The van der Waals surface area contributed by atoms with E-state index < -0.39 is 0 Å². The largest absolute Gasteiger partial charge is 0.309 e. The standard InChI is InChI=1S/C54H33N3/c1-2-15-34(16-3-1)55-47-26-11-9-22-43(47)52-48(55)27-13-28-49(52)56(35-31-32-40-38-19-5-4-17-36(38)37-18-6-7-20-39(37)45(40)33-35)50-29-14-30-51-53(50)44-24-12-23-42-41-21-8-10-25-46(41)57(51)54(42)44/h1-33H. The number of hydrogen-bond acceptors (Lipinski definition) is 1. The lowest BCUT2D eigenvalue weighted by molar-refractivity contribution is 1.18. The van der Waals surface area contributed by atoms with Gasteiger partial charge in [0.1, 0.15) is 0 Å². The van der Waals surface area contributed by atoms with Crippen molar-refractivity contribution in [3.05, 3.63) is 200 Å². The first kappa shape index (κ1) is 30.7. The molecule has 57 heavy (non-hydrogen) atoms. The lowest BCUT2D eigenvalue weighted by Crippen LogP contribution is -2.11. The van der Waals surface area contributed by atoms with Gasteiger partial charge in [-0.3, -0.25) is 0 Å². The molecule has 0 aliphatic carbocycles. The van der Waals surface area contributed by atoms with Gasteiger partial charge in [-0.2, -0.15) is 0 Å². The van der Waals surface area contributed by atoms with Crippen LogP contribution in [0.25, 0.3) is 97.9 Å². The van der Waals surface area contributed by atoms with Crippen LogP contribution in [0.4, 0.5) is 17.1 Å². The van der Waals surface area contributed by atoms with Crippen LogP contribution in [0, 0.1) is 0 Å². The fourth-order valence-electron chi connectivity index (χ4n) is 10.1. The van der Waals surface area contributed by atoms with Crippen molar-refractivity contribution in [1.82, 2.24) is 8.97 Å². The Kier molecular flexibility index (Phi) is 6.16. The average Bonchev–Trinajstić information content (AvgIpc) is 3.93. The molecule has 10 aromatic carbocycles. The summed E-state index contributed by atoms with van der Waals surface area (Å²) in [4.78, 5) is 2.54. The summed E-state index contributed by atoms with van der Waals surface area (Å²) in [6.45, 7) is 0.